The molecule has 0 fully saturated rings. The normalized spacial score (nSPS) is 10.8. The maximum absolute atomic E-state index is 11.7. The van der Waals surface area contributed by atoms with Gasteiger partial charge in [-0.3, -0.25) is 4.79 Å². The Morgan fingerprint density at radius 3 is 3.05 bits per heavy atom. The van der Waals surface area contributed by atoms with Crippen molar-refractivity contribution < 1.29 is 14.7 Å². The van der Waals surface area contributed by atoms with Gasteiger partial charge in [0.2, 0.25) is 5.91 Å². The SMILES string of the molecule is O=C(O)/C=C/c1ccsc1CNC(=O)Cn1ccnn1. The molecule has 2 heterocycles. The van der Waals surface area contributed by atoms with Crippen LogP contribution in [0, 0.1) is 0 Å². The van der Waals surface area contributed by atoms with Crippen LogP contribution in [0.4, 0.5) is 0 Å². The van der Waals surface area contributed by atoms with Crippen LogP contribution in [0.1, 0.15) is 10.4 Å². The van der Waals surface area contributed by atoms with E-state index in [1.165, 1.54) is 28.3 Å². The lowest BCUT2D eigenvalue weighted by molar-refractivity contribution is -0.131. The van der Waals surface area contributed by atoms with Crippen LogP contribution in [0.5, 0.6) is 0 Å². The number of amides is 1. The van der Waals surface area contributed by atoms with E-state index in [1.54, 1.807) is 6.20 Å². The molecule has 0 saturated carbocycles. The van der Waals surface area contributed by atoms with Gasteiger partial charge in [-0.15, -0.1) is 16.4 Å². The third kappa shape index (κ3) is 4.02. The topological polar surface area (TPSA) is 97.1 Å². The number of nitrogens with one attached hydrogen (secondary N) is 1. The molecule has 7 nitrogen and oxygen atoms in total. The molecule has 0 aliphatic rings. The van der Waals surface area contributed by atoms with Gasteiger partial charge in [0, 0.05) is 17.2 Å². The highest BCUT2D eigenvalue weighted by atomic mass is 32.1. The van der Waals surface area contributed by atoms with Crippen molar-refractivity contribution >= 4 is 29.3 Å². The summed E-state index contributed by atoms with van der Waals surface area (Å²) >= 11 is 1.46. The van der Waals surface area contributed by atoms with Crippen molar-refractivity contribution in [3.63, 3.8) is 0 Å². The molecule has 2 aromatic heterocycles. The lowest BCUT2D eigenvalue weighted by atomic mass is 10.2. The first kappa shape index (κ1) is 13.9. The highest BCUT2D eigenvalue weighted by Crippen LogP contribution is 2.18. The first-order valence-electron chi connectivity index (χ1n) is 5.73. The van der Waals surface area contributed by atoms with Gasteiger partial charge in [-0.1, -0.05) is 5.21 Å². The van der Waals surface area contributed by atoms with Crippen LogP contribution in [0.15, 0.2) is 29.9 Å². The molecule has 20 heavy (non-hydrogen) atoms. The first-order chi connectivity index (χ1) is 9.65. The molecule has 2 N–H and O–H groups in total. The summed E-state index contributed by atoms with van der Waals surface area (Å²) in [6, 6.07) is 1.81. The number of aromatic nitrogens is 3. The minimum atomic E-state index is -1.00. The summed E-state index contributed by atoms with van der Waals surface area (Å²) < 4.78 is 1.43. The smallest absolute Gasteiger partial charge is 0.328 e. The van der Waals surface area contributed by atoms with Crippen molar-refractivity contribution in [3.05, 3.63) is 40.4 Å². The van der Waals surface area contributed by atoms with Crippen LogP contribution in [-0.4, -0.2) is 32.0 Å². The fourth-order valence-corrected chi connectivity index (χ4v) is 2.31. The van der Waals surface area contributed by atoms with E-state index >= 15 is 0 Å². The van der Waals surface area contributed by atoms with E-state index in [0.29, 0.717) is 6.54 Å². The molecule has 0 spiro atoms. The van der Waals surface area contributed by atoms with Crippen molar-refractivity contribution in [3.8, 4) is 0 Å². The van der Waals surface area contributed by atoms with Gasteiger partial charge in [0.05, 0.1) is 12.7 Å². The maximum Gasteiger partial charge on any atom is 0.328 e. The average Bonchev–Trinajstić information content (AvgIpc) is 3.04. The quantitative estimate of drug-likeness (QED) is 0.766. The number of nitrogens with zero attached hydrogens (tertiary/aromatic N) is 3. The molecule has 104 valence electrons. The highest BCUT2D eigenvalue weighted by Gasteiger charge is 2.06. The Kier molecular flexibility index (Phi) is 4.61. The Morgan fingerprint density at radius 2 is 2.35 bits per heavy atom. The number of rotatable bonds is 6. The molecule has 8 heteroatoms. The largest absolute Gasteiger partial charge is 0.478 e. The molecule has 1 amide bonds. The molecule has 0 unspecified atom stereocenters. The molecule has 0 radical (unpaired) electrons. The summed E-state index contributed by atoms with van der Waals surface area (Å²) in [5.41, 5.74) is 0.790. The lowest BCUT2D eigenvalue weighted by Gasteiger charge is -2.04. The Bertz CT molecular complexity index is 618. The zero-order chi connectivity index (χ0) is 14.4. The van der Waals surface area contributed by atoms with E-state index < -0.39 is 5.97 Å². The number of carbonyl (C=O) groups is 2. The van der Waals surface area contributed by atoms with Crippen molar-refractivity contribution in [2.45, 2.75) is 13.1 Å². The number of carboxylic acids is 1. The Morgan fingerprint density at radius 1 is 1.50 bits per heavy atom. The molecule has 0 saturated heterocycles. The maximum atomic E-state index is 11.7. The van der Waals surface area contributed by atoms with Crippen LogP contribution in [0.25, 0.3) is 6.08 Å². The number of hydrogen-bond donors (Lipinski definition) is 2. The van der Waals surface area contributed by atoms with Gasteiger partial charge in [0.1, 0.15) is 6.54 Å². The molecule has 0 bridgehead atoms. The molecule has 0 atom stereocenters. The Balaban J connectivity index is 1.89. The van der Waals surface area contributed by atoms with Crippen molar-refractivity contribution in [2.75, 3.05) is 0 Å². The summed E-state index contributed by atoms with van der Waals surface area (Å²) in [7, 11) is 0. The van der Waals surface area contributed by atoms with Crippen LogP contribution in [0.3, 0.4) is 0 Å². The van der Waals surface area contributed by atoms with Crippen LogP contribution >= 0.6 is 11.3 Å². The Labute approximate surface area is 118 Å². The molecule has 0 aliphatic heterocycles. The fraction of sp³-hybridized carbons (Fsp3) is 0.167. The summed E-state index contributed by atoms with van der Waals surface area (Å²) in [6.45, 7) is 0.455. The monoisotopic (exact) mass is 292 g/mol. The number of thiophene rings is 1. The summed E-state index contributed by atoms with van der Waals surface area (Å²) in [5, 5.41) is 20.5. The van der Waals surface area contributed by atoms with Gasteiger partial charge in [0.15, 0.2) is 0 Å². The molecule has 2 rings (SSSR count). The number of hydrogen-bond acceptors (Lipinski definition) is 5. The van der Waals surface area contributed by atoms with Crippen molar-refractivity contribution in [1.29, 1.82) is 0 Å². The van der Waals surface area contributed by atoms with E-state index in [2.05, 4.69) is 15.6 Å². The van der Waals surface area contributed by atoms with Gasteiger partial charge in [0.25, 0.3) is 0 Å². The second-order valence-corrected chi connectivity index (χ2v) is 4.85. The van der Waals surface area contributed by atoms with Crippen LogP contribution in [-0.2, 0) is 22.7 Å². The third-order valence-corrected chi connectivity index (χ3v) is 3.35. The minimum Gasteiger partial charge on any atom is -0.478 e. The highest BCUT2D eigenvalue weighted by molar-refractivity contribution is 7.10. The number of carboxylic acid groups (broad SMARTS) is 1. The molecular weight excluding hydrogens is 280 g/mol. The first-order valence-corrected chi connectivity index (χ1v) is 6.61. The standard InChI is InChI=1S/C12H12N4O3S/c17-11(8-16-5-4-14-15-16)13-7-10-9(3-6-20-10)1-2-12(18)19/h1-6H,7-8H2,(H,13,17)(H,18,19)/b2-1+. The molecule has 0 aliphatic carbocycles. The molecule has 0 aromatic carbocycles. The summed E-state index contributed by atoms with van der Waals surface area (Å²) in [4.78, 5) is 23.1. The van der Waals surface area contributed by atoms with Gasteiger partial charge in [-0.25, -0.2) is 9.48 Å². The third-order valence-electron chi connectivity index (χ3n) is 2.41. The zero-order valence-electron chi connectivity index (χ0n) is 10.4. The number of aliphatic carboxylic acids is 1. The zero-order valence-corrected chi connectivity index (χ0v) is 11.2. The predicted octanol–water partition coefficient (Wildman–Crippen LogP) is 0.754. The summed E-state index contributed by atoms with van der Waals surface area (Å²) in [5.74, 6) is -1.19. The second kappa shape index (κ2) is 6.62. The predicted molar refractivity (Wildman–Crippen MR) is 72.9 cm³/mol. The van der Waals surface area contributed by atoms with E-state index in [9.17, 15) is 9.59 Å². The van der Waals surface area contributed by atoms with Crippen molar-refractivity contribution in [1.82, 2.24) is 20.3 Å². The lowest BCUT2D eigenvalue weighted by Crippen LogP contribution is -2.27. The van der Waals surface area contributed by atoms with Gasteiger partial charge in [-0.2, -0.15) is 0 Å². The van der Waals surface area contributed by atoms with Gasteiger partial charge < -0.3 is 10.4 Å². The Hall–Kier alpha value is -2.48. The molecule has 2 aromatic rings. The van der Waals surface area contributed by atoms with E-state index in [0.717, 1.165) is 16.5 Å². The fourth-order valence-electron chi connectivity index (χ4n) is 1.50. The summed E-state index contributed by atoms with van der Waals surface area (Å²) in [6.07, 6.45) is 5.69. The number of carbonyl (C=O) groups excluding carboxylic acids is 1. The van der Waals surface area contributed by atoms with Gasteiger partial charge in [-0.05, 0) is 23.1 Å². The van der Waals surface area contributed by atoms with E-state index in [4.69, 9.17) is 5.11 Å². The van der Waals surface area contributed by atoms with Gasteiger partial charge >= 0.3 is 5.97 Å². The minimum absolute atomic E-state index is 0.103. The average molecular weight is 292 g/mol. The van der Waals surface area contributed by atoms with E-state index in [1.807, 2.05) is 11.4 Å². The van der Waals surface area contributed by atoms with Crippen LogP contribution < -0.4 is 5.32 Å². The van der Waals surface area contributed by atoms with E-state index in [-0.39, 0.29) is 12.5 Å². The van der Waals surface area contributed by atoms with Crippen molar-refractivity contribution in [2.24, 2.45) is 0 Å². The molecular formula is C12H12N4O3S. The van der Waals surface area contributed by atoms with Crippen LogP contribution in [0.2, 0.25) is 0 Å². The second-order valence-electron chi connectivity index (χ2n) is 3.85.